The van der Waals surface area contributed by atoms with Crippen molar-refractivity contribution in [3.63, 3.8) is 0 Å². The highest BCUT2D eigenvalue weighted by atomic mass is 15.3. The van der Waals surface area contributed by atoms with Gasteiger partial charge in [-0.3, -0.25) is 5.10 Å². The Morgan fingerprint density at radius 3 is 2.77 bits per heavy atom. The normalized spacial score (nSPS) is 15.9. The van der Waals surface area contributed by atoms with E-state index in [9.17, 15) is 0 Å². The maximum atomic E-state index is 4.49. The highest BCUT2D eigenvalue weighted by Crippen LogP contribution is 2.37. The standard InChI is InChI=1S/C17H21N9/c1-9(2)26-11(4)21-12-8-19-15(7-13(12)26)22-14-5-6-18-16(23-14)17-20-10(3)24-25-17/h5-9,11,21H,1-4H3,(H,20,24,25)(H,18,19,22,23). The Morgan fingerprint density at radius 1 is 1.19 bits per heavy atom. The van der Waals surface area contributed by atoms with Crippen LogP contribution in [-0.2, 0) is 0 Å². The van der Waals surface area contributed by atoms with Gasteiger partial charge in [0.2, 0.25) is 0 Å². The number of nitrogens with zero attached hydrogens (tertiary/aromatic N) is 6. The lowest BCUT2D eigenvalue weighted by atomic mass is 10.2. The minimum Gasteiger partial charge on any atom is -0.362 e. The van der Waals surface area contributed by atoms with Crippen LogP contribution in [0, 0.1) is 6.92 Å². The quantitative estimate of drug-likeness (QED) is 0.658. The molecule has 0 aromatic carbocycles. The SMILES string of the molecule is Cc1n[nH]c(-c2nccc(Nc3cc4c(cn3)NC(C)N4C(C)C)n2)n1. The van der Waals surface area contributed by atoms with Gasteiger partial charge in [0, 0.05) is 18.3 Å². The zero-order valence-electron chi connectivity index (χ0n) is 15.1. The third-order valence-electron chi connectivity index (χ3n) is 4.22. The number of hydrogen-bond acceptors (Lipinski definition) is 8. The van der Waals surface area contributed by atoms with Crippen LogP contribution in [0.1, 0.15) is 26.6 Å². The minimum atomic E-state index is 0.238. The summed E-state index contributed by atoms with van der Waals surface area (Å²) in [6.07, 6.45) is 3.76. The first-order valence-corrected chi connectivity index (χ1v) is 8.55. The molecule has 1 atom stereocenters. The number of pyridine rings is 1. The molecule has 0 bridgehead atoms. The van der Waals surface area contributed by atoms with Gasteiger partial charge in [-0.25, -0.2) is 19.9 Å². The number of aromatic nitrogens is 6. The van der Waals surface area contributed by atoms with E-state index in [1.807, 2.05) is 19.2 Å². The number of aryl methyl sites for hydroxylation is 1. The molecule has 9 heteroatoms. The molecular weight excluding hydrogens is 330 g/mol. The van der Waals surface area contributed by atoms with E-state index in [0.717, 1.165) is 17.2 Å². The molecule has 3 N–H and O–H groups in total. The molecule has 1 aliphatic rings. The summed E-state index contributed by atoms with van der Waals surface area (Å²) in [6, 6.07) is 4.21. The number of aromatic amines is 1. The highest BCUT2D eigenvalue weighted by molar-refractivity contribution is 5.78. The summed E-state index contributed by atoms with van der Waals surface area (Å²) in [5.74, 6) is 3.04. The van der Waals surface area contributed by atoms with Crippen molar-refractivity contribution in [2.75, 3.05) is 15.5 Å². The Balaban J connectivity index is 1.61. The van der Waals surface area contributed by atoms with E-state index in [4.69, 9.17) is 0 Å². The fourth-order valence-corrected chi connectivity index (χ4v) is 3.19. The molecule has 0 radical (unpaired) electrons. The molecule has 1 aliphatic heterocycles. The average Bonchev–Trinajstić information content (AvgIpc) is 3.17. The number of anilines is 4. The van der Waals surface area contributed by atoms with Gasteiger partial charge in [-0.2, -0.15) is 5.10 Å². The van der Waals surface area contributed by atoms with Crippen LogP contribution in [0.5, 0.6) is 0 Å². The molecule has 0 aliphatic carbocycles. The average molecular weight is 351 g/mol. The Morgan fingerprint density at radius 2 is 2.04 bits per heavy atom. The molecule has 3 aromatic heterocycles. The van der Waals surface area contributed by atoms with Crippen molar-refractivity contribution < 1.29 is 0 Å². The molecule has 0 fully saturated rings. The van der Waals surface area contributed by atoms with E-state index >= 15 is 0 Å². The summed E-state index contributed by atoms with van der Waals surface area (Å²) in [6.45, 7) is 8.31. The van der Waals surface area contributed by atoms with Crippen molar-refractivity contribution in [1.82, 2.24) is 30.1 Å². The smallest absolute Gasteiger partial charge is 0.199 e. The molecule has 0 saturated heterocycles. The lowest BCUT2D eigenvalue weighted by molar-refractivity contribution is 0.638. The molecular formula is C17H21N9. The summed E-state index contributed by atoms with van der Waals surface area (Å²) in [7, 11) is 0. The summed E-state index contributed by atoms with van der Waals surface area (Å²) in [4.78, 5) is 19.8. The fourth-order valence-electron chi connectivity index (χ4n) is 3.19. The van der Waals surface area contributed by atoms with Gasteiger partial charge in [0.15, 0.2) is 11.6 Å². The van der Waals surface area contributed by atoms with Gasteiger partial charge in [-0.15, -0.1) is 0 Å². The van der Waals surface area contributed by atoms with Gasteiger partial charge in [-0.05, 0) is 33.8 Å². The number of H-pyrrole nitrogens is 1. The topological polar surface area (TPSA) is 108 Å². The summed E-state index contributed by atoms with van der Waals surface area (Å²) >= 11 is 0. The molecule has 3 aromatic rings. The maximum Gasteiger partial charge on any atom is 0.199 e. The number of rotatable bonds is 4. The molecule has 0 spiro atoms. The van der Waals surface area contributed by atoms with E-state index in [0.29, 0.717) is 29.3 Å². The predicted molar refractivity (Wildman–Crippen MR) is 100 cm³/mol. The number of nitrogens with one attached hydrogen (secondary N) is 3. The third-order valence-corrected chi connectivity index (χ3v) is 4.22. The number of fused-ring (bicyclic) bond motifs is 1. The summed E-state index contributed by atoms with van der Waals surface area (Å²) in [5, 5.41) is 13.5. The Hall–Kier alpha value is -3.23. The van der Waals surface area contributed by atoms with Gasteiger partial charge in [0.25, 0.3) is 0 Å². The zero-order chi connectivity index (χ0) is 18.3. The van der Waals surface area contributed by atoms with Crippen LogP contribution >= 0.6 is 0 Å². The van der Waals surface area contributed by atoms with Crippen LogP contribution < -0.4 is 15.5 Å². The van der Waals surface area contributed by atoms with E-state index < -0.39 is 0 Å². The number of hydrogen-bond donors (Lipinski definition) is 3. The van der Waals surface area contributed by atoms with E-state index in [-0.39, 0.29) is 6.17 Å². The lowest BCUT2D eigenvalue weighted by Crippen LogP contribution is -2.38. The predicted octanol–water partition coefficient (Wildman–Crippen LogP) is 2.70. The largest absolute Gasteiger partial charge is 0.362 e. The molecule has 4 rings (SSSR count). The fraction of sp³-hybridized carbons (Fsp3) is 0.353. The van der Waals surface area contributed by atoms with Crippen molar-refractivity contribution in [2.45, 2.75) is 39.9 Å². The van der Waals surface area contributed by atoms with Crippen molar-refractivity contribution in [3.8, 4) is 11.6 Å². The first-order chi connectivity index (χ1) is 12.5. The first-order valence-electron chi connectivity index (χ1n) is 8.55. The van der Waals surface area contributed by atoms with Gasteiger partial charge in [0.05, 0.1) is 23.7 Å². The molecule has 26 heavy (non-hydrogen) atoms. The lowest BCUT2D eigenvalue weighted by Gasteiger charge is -2.28. The first kappa shape index (κ1) is 16.2. The molecule has 0 saturated carbocycles. The van der Waals surface area contributed by atoms with Gasteiger partial charge >= 0.3 is 0 Å². The Labute approximate surface area is 151 Å². The maximum absolute atomic E-state index is 4.49. The van der Waals surface area contributed by atoms with Gasteiger partial charge in [-0.1, -0.05) is 0 Å². The van der Waals surface area contributed by atoms with E-state index in [1.165, 1.54) is 0 Å². The summed E-state index contributed by atoms with van der Waals surface area (Å²) < 4.78 is 0. The minimum absolute atomic E-state index is 0.238. The van der Waals surface area contributed by atoms with Crippen LogP contribution in [0.15, 0.2) is 24.5 Å². The second kappa shape index (κ2) is 6.25. The Kier molecular flexibility index (Phi) is 3.90. The second-order valence-corrected chi connectivity index (χ2v) is 6.53. The van der Waals surface area contributed by atoms with Crippen molar-refractivity contribution in [1.29, 1.82) is 0 Å². The van der Waals surface area contributed by atoms with Crippen LogP contribution in [0.25, 0.3) is 11.6 Å². The van der Waals surface area contributed by atoms with Crippen molar-refractivity contribution >= 4 is 23.0 Å². The molecule has 0 amide bonds. The third kappa shape index (κ3) is 2.92. The van der Waals surface area contributed by atoms with Crippen LogP contribution in [0.2, 0.25) is 0 Å². The molecule has 4 heterocycles. The van der Waals surface area contributed by atoms with Gasteiger partial charge < -0.3 is 15.5 Å². The molecule has 134 valence electrons. The Bertz CT molecular complexity index is 933. The van der Waals surface area contributed by atoms with Crippen molar-refractivity contribution in [2.24, 2.45) is 0 Å². The highest BCUT2D eigenvalue weighted by Gasteiger charge is 2.27. The zero-order valence-corrected chi connectivity index (χ0v) is 15.1. The van der Waals surface area contributed by atoms with Crippen LogP contribution in [0.4, 0.5) is 23.0 Å². The van der Waals surface area contributed by atoms with Crippen LogP contribution in [-0.4, -0.2) is 42.3 Å². The van der Waals surface area contributed by atoms with Gasteiger partial charge in [0.1, 0.15) is 17.5 Å². The van der Waals surface area contributed by atoms with E-state index in [2.05, 4.69) is 66.4 Å². The second-order valence-electron chi connectivity index (χ2n) is 6.53. The molecule has 9 nitrogen and oxygen atoms in total. The van der Waals surface area contributed by atoms with Crippen LogP contribution in [0.3, 0.4) is 0 Å². The van der Waals surface area contributed by atoms with E-state index in [1.54, 1.807) is 12.3 Å². The van der Waals surface area contributed by atoms with Crippen molar-refractivity contribution in [3.05, 3.63) is 30.4 Å². The summed E-state index contributed by atoms with van der Waals surface area (Å²) in [5.41, 5.74) is 2.17. The monoisotopic (exact) mass is 351 g/mol. The molecule has 1 unspecified atom stereocenters.